The maximum Gasteiger partial charge on any atom is 0.267 e. The van der Waals surface area contributed by atoms with Gasteiger partial charge >= 0.3 is 0 Å². The average molecular weight is 520 g/mol. The Hall–Kier alpha value is -3.43. The normalized spacial score (nSPS) is 12.8. The van der Waals surface area contributed by atoms with E-state index in [2.05, 4.69) is 5.32 Å². The van der Waals surface area contributed by atoms with Crippen LogP contribution in [0.3, 0.4) is 0 Å². The molecule has 0 saturated carbocycles. The molecule has 2 aromatic heterocycles. The number of nitrogens with zero attached hydrogens (tertiary/aromatic N) is 2. The summed E-state index contributed by atoms with van der Waals surface area (Å²) in [6.45, 7) is -0.0845. The number of Topliss-reactive ketones (excluding diaryl/α,β-unsaturated/α-hetero) is 1. The first-order valence-electron chi connectivity index (χ1n) is 11.7. The van der Waals surface area contributed by atoms with Gasteiger partial charge in [0.25, 0.3) is 5.56 Å². The van der Waals surface area contributed by atoms with Crippen LogP contribution in [-0.4, -0.2) is 40.6 Å². The minimum Gasteiger partial charge on any atom is -0.497 e. The molecule has 0 radical (unpaired) electrons. The van der Waals surface area contributed by atoms with Crippen LogP contribution in [-0.2, 0) is 17.6 Å². The Morgan fingerprint density at radius 1 is 1.08 bits per heavy atom. The Bertz CT molecular complexity index is 1480. The van der Waals surface area contributed by atoms with E-state index in [9.17, 15) is 14.4 Å². The summed E-state index contributed by atoms with van der Waals surface area (Å²) in [6.07, 6.45) is 4.05. The molecule has 0 aliphatic heterocycles. The maximum absolute atomic E-state index is 13.8. The quantitative estimate of drug-likeness (QED) is 0.211. The van der Waals surface area contributed by atoms with Crippen molar-refractivity contribution in [2.45, 2.75) is 30.8 Å². The first kappa shape index (κ1) is 24.3. The number of fused-ring (bicyclic) bond motifs is 3. The molecule has 0 unspecified atom stereocenters. The lowest BCUT2D eigenvalue weighted by molar-refractivity contribution is -0.118. The Kier molecular flexibility index (Phi) is 7.20. The Morgan fingerprint density at radius 3 is 2.58 bits per heavy atom. The average Bonchev–Trinajstić information content (AvgIpc) is 3.30. The van der Waals surface area contributed by atoms with E-state index < -0.39 is 0 Å². The summed E-state index contributed by atoms with van der Waals surface area (Å²) in [5, 5.41) is 3.81. The fraction of sp³-hybridized carbons (Fsp3) is 0.259. The molecule has 0 fully saturated rings. The molecule has 0 bridgehead atoms. The van der Waals surface area contributed by atoms with Crippen molar-refractivity contribution in [1.29, 1.82) is 0 Å². The number of thioether (sulfide) groups is 1. The van der Waals surface area contributed by atoms with Gasteiger partial charge in [-0.2, -0.15) is 0 Å². The Morgan fingerprint density at radius 2 is 1.83 bits per heavy atom. The third-order valence-electron chi connectivity index (χ3n) is 6.16. The zero-order valence-electron chi connectivity index (χ0n) is 19.8. The van der Waals surface area contributed by atoms with Crippen molar-refractivity contribution < 1.29 is 14.3 Å². The number of hydrogen-bond donors (Lipinski definition) is 1. The SMILES string of the molecule is COc1ccc(-n2c(SCC(=O)NCC(=O)c3ccccc3)nc3sc4c(c3c2=O)CCCC4)cc1. The number of carbonyl (C=O) groups excluding carboxylic acids is 2. The summed E-state index contributed by atoms with van der Waals surface area (Å²) in [5.41, 5.74) is 2.21. The number of amides is 1. The zero-order chi connectivity index (χ0) is 25.1. The van der Waals surface area contributed by atoms with Gasteiger partial charge < -0.3 is 10.1 Å². The van der Waals surface area contributed by atoms with Crippen LogP contribution in [0.2, 0.25) is 0 Å². The van der Waals surface area contributed by atoms with Gasteiger partial charge in [0.1, 0.15) is 10.6 Å². The van der Waals surface area contributed by atoms with Crippen molar-refractivity contribution in [1.82, 2.24) is 14.9 Å². The summed E-state index contributed by atoms with van der Waals surface area (Å²) >= 11 is 2.77. The van der Waals surface area contributed by atoms with Gasteiger partial charge in [-0.25, -0.2) is 4.98 Å². The summed E-state index contributed by atoms with van der Waals surface area (Å²) < 4.78 is 6.85. The van der Waals surface area contributed by atoms with Gasteiger partial charge in [-0.3, -0.25) is 19.0 Å². The highest BCUT2D eigenvalue weighted by Crippen LogP contribution is 2.35. The molecular weight excluding hydrogens is 494 g/mol. The largest absolute Gasteiger partial charge is 0.497 e. The van der Waals surface area contributed by atoms with Crippen LogP contribution in [0, 0.1) is 0 Å². The molecule has 2 heterocycles. The third-order valence-corrected chi connectivity index (χ3v) is 8.29. The number of ether oxygens (including phenoxy) is 1. The number of carbonyl (C=O) groups is 2. The Labute approximate surface area is 216 Å². The van der Waals surface area contributed by atoms with Crippen LogP contribution in [0.1, 0.15) is 33.6 Å². The van der Waals surface area contributed by atoms with E-state index in [0.717, 1.165) is 36.1 Å². The number of rotatable bonds is 8. The second-order valence-electron chi connectivity index (χ2n) is 8.48. The van der Waals surface area contributed by atoms with Crippen molar-refractivity contribution >= 4 is 45.0 Å². The van der Waals surface area contributed by atoms with E-state index in [1.165, 1.54) is 16.6 Å². The van der Waals surface area contributed by atoms with Gasteiger partial charge in [0.2, 0.25) is 5.91 Å². The summed E-state index contributed by atoms with van der Waals surface area (Å²) in [5.74, 6) is 0.255. The molecule has 0 atom stereocenters. The van der Waals surface area contributed by atoms with Crippen molar-refractivity contribution in [3.8, 4) is 11.4 Å². The molecule has 5 rings (SSSR count). The number of aryl methyl sites for hydroxylation is 2. The number of benzene rings is 2. The van der Waals surface area contributed by atoms with Crippen LogP contribution in [0.5, 0.6) is 5.75 Å². The molecule has 9 heteroatoms. The second kappa shape index (κ2) is 10.7. The minimum absolute atomic E-state index is 0.0290. The van der Waals surface area contributed by atoms with E-state index in [1.807, 2.05) is 18.2 Å². The van der Waals surface area contributed by atoms with Crippen molar-refractivity contribution in [3.63, 3.8) is 0 Å². The smallest absolute Gasteiger partial charge is 0.267 e. The molecule has 0 saturated heterocycles. The number of aromatic nitrogens is 2. The predicted octanol–water partition coefficient (Wildman–Crippen LogP) is 4.43. The standard InChI is InChI=1S/C27H25N3O4S2/c1-34-19-13-11-18(12-14-19)30-26(33)24-20-9-5-6-10-22(20)36-25(24)29-27(30)35-16-23(32)28-15-21(31)17-7-3-2-4-8-17/h2-4,7-8,11-14H,5-6,9-10,15-16H2,1H3,(H,28,32). The number of ketones is 1. The van der Waals surface area contributed by atoms with Gasteiger partial charge in [0.05, 0.1) is 30.5 Å². The van der Waals surface area contributed by atoms with E-state index >= 15 is 0 Å². The van der Waals surface area contributed by atoms with Crippen molar-refractivity contribution in [2.24, 2.45) is 0 Å². The minimum atomic E-state index is -0.301. The van der Waals surface area contributed by atoms with Gasteiger partial charge in [-0.15, -0.1) is 11.3 Å². The summed E-state index contributed by atoms with van der Waals surface area (Å²) in [4.78, 5) is 45.5. The fourth-order valence-corrected chi connectivity index (χ4v) is 6.47. The second-order valence-corrected chi connectivity index (χ2v) is 10.5. The van der Waals surface area contributed by atoms with E-state index in [-0.39, 0.29) is 29.5 Å². The van der Waals surface area contributed by atoms with Gasteiger partial charge in [0, 0.05) is 10.4 Å². The molecule has 1 aliphatic carbocycles. The molecule has 184 valence electrons. The van der Waals surface area contributed by atoms with Gasteiger partial charge in [-0.1, -0.05) is 42.1 Å². The highest BCUT2D eigenvalue weighted by atomic mass is 32.2. The predicted molar refractivity (Wildman–Crippen MR) is 143 cm³/mol. The molecule has 36 heavy (non-hydrogen) atoms. The van der Waals surface area contributed by atoms with Crippen LogP contribution in [0.15, 0.2) is 64.5 Å². The number of thiophene rings is 1. The lowest BCUT2D eigenvalue weighted by Gasteiger charge is -2.14. The lowest BCUT2D eigenvalue weighted by atomic mass is 9.97. The molecular formula is C27H25N3O4S2. The van der Waals surface area contributed by atoms with E-state index in [0.29, 0.717) is 27.5 Å². The summed E-state index contributed by atoms with van der Waals surface area (Å²) in [6, 6.07) is 16.1. The molecule has 1 aliphatic rings. The number of methoxy groups -OCH3 is 1. The van der Waals surface area contributed by atoms with Gasteiger partial charge in [-0.05, 0) is 55.5 Å². The summed E-state index contributed by atoms with van der Waals surface area (Å²) in [7, 11) is 1.59. The highest BCUT2D eigenvalue weighted by molar-refractivity contribution is 7.99. The molecule has 1 amide bonds. The van der Waals surface area contributed by atoms with Crippen LogP contribution in [0.25, 0.3) is 15.9 Å². The maximum atomic E-state index is 13.8. The number of nitrogens with one attached hydrogen (secondary N) is 1. The molecule has 1 N–H and O–H groups in total. The van der Waals surface area contributed by atoms with Crippen molar-refractivity contribution in [3.05, 3.63) is 81.0 Å². The molecule has 4 aromatic rings. The Balaban J connectivity index is 1.42. The zero-order valence-corrected chi connectivity index (χ0v) is 21.4. The molecule has 7 nitrogen and oxygen atoms in total. The highest BCUT2D eigenvalue weighted by Gasteiger charge is 2.23. The lowest BCUT2D eigenvalue weighted by Crippen LogP contribution is -2.31. The third kappa shape index (κ3) is 4.94. The molecule has 0 spiro atoms. The van der Waals surface area contributed by atoms with Crippen LogP contribution >= 0.6 is 23.1 Å². The number of hydrogen-bond acceptors (Lipinski definition) is 7. The first-order chi connectivity index (χ1) is 17.5. The van der Waals surface area contributed by atoms with Crippen LogP contribution in [0.4, 0.5) is 0 Å². The van der Waals surface area contributed by atoms with E-state index in [4.69, 9.17) is 9.72 Å². The van der Waals surface area contributed by atoms with Crippen molar-refractivity contribution in [2.75, 3.05) is 19.4 Å². The topological polar surface area (TPSA) is 90.3 Å². The monoisotopic (exact) mass is 519 g/mol. The van der Waals surface area contributed by atoms with Crippen LogP contribution < -0.4 is 15.6 Å². The molecule has 2 aromatic carbocycles. The first-order valence-corrected chi connectivity index (χ1v) is 13.5. The van der Waals surface area contributed by atoms with E-state index in [1.54, 1.807) is 59.4 Å². The fourth-order valence-electron chi connectivity index (χ4n) is 4.33. The van der Waals surface area contributed by atoms with Gasteiger partial charge in [0.15, 0.2) is 10.9 Å².